The summed E-state index contributed by atoms with van der Waals surface area (Å²) < 4.78 is 5.06. The second-order valence-corrected chi connectivity index (χ2v) is 5.17. The molecule has 2 nitrogen and oxygen atoms in total. The summed E-state index contributed by atoms with van der Waals surface area (Å²) >= 11 is 0. The van der Waals surface area contributed by atoms with Crippen LogP contribution in [0.3, 0.4) is 0 Å². The van der Waals surface area contributed by atoms with E-state index in [0.29, 0.717) is 0 Å². The number of hydrogen-bond donors (Lipinski definition) is 1. The van der Waals surface area contributed by atoms with Crippen molar-refractivity contribution in [1.29, 1.82) is 0 Å². The van der Waals surface area contributed by atoms with Crippen molar-refractivity contribution in [1.82, 2.24) is 0 Å². The molecule has 1 fully saturated rings. The molecule has 1 aliphatic rings. The fraction of sp³-hybridized carbons (Fsp3) is 1.00. The first-order valence-corrected chi connectivity index (χ1v) is 6.40. The highest BCUT2D eigenvalue weighted by molar-refractivity contribution is 4.94. The minimum absolute atomic E-state index is 0.0587. The maximum absolute atomic E-state index is 5.72. The van der Waals surface area contributed by atoms with Crippen molar-refractivity contribution in [2.24, 2.45) is 29.4 Å². The Balaban J connectivity index is 2.18. The number of hydrogen-bond acceptors (Lipinski definition) is 2. The Hall–Kier alpha value is -0.0800. The van der Waals surface area contributed by atoms with Crippen LogP contribution in [0.25, 0.3) is 0 Å². The topological polar surface area (TPSA) is 35.2 Å². The summed E-state index contributed by atoms with van der Waals surface area (Å²) in [6, 6.07) is 0. The minimum atomic E-state index is -0.0587. The van der Waals surface area contributed by atoms with E-state index in [1.54, 1.807) is 7.11 Å². The van der Waals surface area contributed by atoms with Gasteiger partial charge in [-0.1, -0.05) is 33.6 Å². The molecule has 2 heteroatoms. The number of rotatable bonds is 7. The van der Waals surface area contributed by atoms with Crippen molar-refractivity contribution >= 4 is 0 Å². The van der Waals surface area contributed by atoms with Gasteiger partial charge in [0.1, 0.15) is 6.23 Å². The maximum Gasteiger partial charge on any atom is 0.105 e. The molecule has 0 amide bonds. The van der Waals surface area contributed by atoms with Crippen LogP contribution in [0.2, 0.25) is 0 Å². The van der Waals surface area contributed by atoms with Crippen LogP contribution >= 0.6 is 0 Å². The van der Waals surface area contributed by atoms with Crippen LogP contribution in [-0.2, 0) is 4.74 Å². The second kappa shape index (κ2) is 5.86. The summed E-state index contributed by atoms with van der Waals surface area (Å²) in [6.07, 6.45) is 4.80. The average molecular weight is 213 g/mol. The molecular weight excluding hydrogens is 186 g/mol. The predicted molar refractivity (Wildman–Crippen MR) is 64.4 cm³/mol. The summed E-state index contributed by atoms with van der Waals surface area (Å²) in [5.41, 5.74) is 5.72. The van der Waals surface area contributed by atoms with E-state index in [0.717, 1.165) is 30.1 Å². The van der Waals surface area contributed by atoms with Gasteiger partial charge in [0.15, 0.2) is 0 Å². The molecule has 15 heavy (non-hydrogen) atoms. The van der Waals surface area contributed by atoms with Gasteiger partial charge >= 0.3 is 0 Å². The molecule has 2 N–H and O–H groups in total. The maximum atomic E-state index is 5.72. The highest BCUT2D eigenvalue weighted by Gasteiger charge is 2.46. The van der Waals surface area contributed by atoms with Crippen molar-refractivity contribution < 1.29 is 4.74 Å². The molecule has 0 bridgehead atoms. The molecule has 1 aliphatic carbocycles. The van der Waals surface area contributed by atoms with E-state index in [1.165, 1.54) is 19.3 Å². The van der Waals surface area contributed by atoms with E-state index >= 15 is 0 Å². The Kier molecular flexibility index (Phi) is 5.07. The normalized spacial score (nSPS) is 33.8. The fourth-order valence-electron chi connectivity index (χ4n) is 2.93. The fourth-order valence-corrected chi connectivity index (χ4v) is 2.93. The SMILES string of the molecule is CCC(CCCC(N)OC)C1C(C)C1C. The van der Waals surface area contributed by atoms with Gasteiger partial charge < -0.3 is 10.5 Å². The van der Waals surface area contributed by atoms with Gasteiger partial charge in [0, 0.05) is 7.11 Å². The third-order valence-corrected chi connectivity index (χ3v) is 4.34. The lowest BCUT2D eigenvalue weighted by molar-refractivity contribution is 0.0966. The highest BCUT2D eigenvalue weighted by atomic mass is 16.5. The Morgan fingerprint density at radius 3 is 2.20 bits per heavy atom. The largest absolute Gasteiger partial charge is 0.367 e. The second-order valence-electron chi connectivity index (χ2n) is 5.17. The van der Waals surface area contributed by atoms with Gasteiger partial charge in [-0.3, -0.25) is 0 Å². The Bertz CT molecular complexity index is 175. The third-order valence-electron chi connectivity index (χ3n) is 4.34. The first-order chi connectivity index (χ1) is 7.11. The predicted octanol–water partition coefficient (Wildman–Crippen LogP) is 3.02. The average Bonchev–Trinajstić information content (AvgIpc) is 2.82. The van der Waals surface area contributed by atoms with Gasteiger partial charge in [0.05, 0.1) is 0 Å². The molecule has 0 radical (unpaired) electrons. The Morgan fingerprint density at radius 2 is 1.80 bits per heavy atom. The van der Waals surface area contributed by atoms with Crippen molar-refractivity contribution in [3.05, 3.63) is 0 Å². The van der Waals surface area contributed by atoms with Gasteiger partial charge in [-0.15, -0.1) is 0 Å². The lowest BCUT2D eigenvalue weighted by Gasteiger charge is -2.16. The van der Waals surface area contributed by atoms with E-state index in [9.17, 15) is 0 Å². The quantitative estimate of drug-likeness (QED) is 0.660. The van der Waals surface area contributed by atoms with E-state index in [4.69, 9.17) is 10.5 Å². The molecule has 1 rings (SSSR count). The molecule has 0 saturated heterocycles. The van der Waals surface area contributed by atoms with Crippen LogP contribution in [0.5, 0.6) is 0 Å². The summed E-state index contributed by atoms with van der Waals surface area (Å²) in [5.74, 6) is 3.80. The van der Waals surface area contributed by atoms with Crippen molar-refractivity contribution in [2.75, 3.05) is 7.11 Å². The van der Waals surface area contributed by atoms with Gasteiger partial charge in [-0.05, 0) is 36.5 Å². The third kappa shape index (κ3) is 3.46. The van der Waals surface area contributed by atoms with Crippen molar-refractivity contribution in [2.45, 2.75) is 52.7 Å². The molecule has 4 unspecified atom stereocenters. The number of methoxy groups -OCH3 is 1. The highest BCUT2D eigenvalue weighted by Crippen LogP contribution is 2.52. The zero-order chi connectivity index (χ0) is 11.4. The molecule has 0 aromatic heterocycles. The molecule has 1 saturated carbocycles. The van der Waals surface area contributed by atoms with Gasteiger partial charge in [0.25, 0.3) is 0 Å². The van der Waals surface area contributed by atoms with E-state index in [-0.39, 0.29) is 6.23 Å². The summed E-state index contributed by atoms with van der Waals surface area (Å²) in [7, 11) is 1.69. The van der Waals surface area contributed by atoms with Crippen LogP contribution in [0.4, 0.5) is 0 Å². The molecule has 0 aromatic carbocycles. The zero-order valence-corrected chi connectivity index (χ0v) is 10.7. The van der Waals surface area contributed by atoms with Crippen LogP contribution in [-0.4, -0.2) is 13.3 Å². The van der Waals surface area contributed by atoms with Crippen LogP contribution in [0, 0.1) is 23.7 Å². The molecule has 0 spiro atoms. The number of ether oxygens (including phenoxy) is 1. The smallest absolute Gasteiger partial charge is 0.105 e. The van der Waals surface area contributed by atoms with Gasteiger partial charge in [-0.25, -0.2) is 0 Å². The Labute approximate surface area is 94.6 Å². The molecule has 4 atom stereocenters. The van der Waals surface area contributed by atoms with Crippen LogP contribution in [0.1, 0.15) is 46.5 Å². The van der Waals surface area contributed by atoms with E-state index in [1.807, 2.05) is 0 Å². The molecular formula is C13H27NO. The standard InChI is InChI=1S/C13H27NO/c1-5-11(13-9(2)10(13)3)7-6-8-12(14)15-4/h9-13H,5-8,14H2,1-4H3. The van der Waals surface area contributed by atoms with Crippen LogP contribution in [0.15, 0.2) is 0 Å². The Morgan fingerprint density at radius 1 is 1.20 bits per heavy atom. The minimum Gasteiger partial charge on any atom is -0.367 e. The van der Waals surface area contributed by atoms with Gasteiger partial charge in [-0.2, -0.15) is 0 Å². The van der Waals surface area contributed by atoms with Crippen molar-refractivity contribution in [3.63, 3.8) is 0 Å². The molecule has 90 valence electrons. The zero-order valence-electron chi connectivity index (χ0n) is 10.7. The lowest BCUT2D eigenvalue weighted by atomic mass is 9.92. The molecule has 0 aliphatic heterocycles. The monoisotopic (exact) mass is 213 g/mol. The summed E-state index contributed by atoms with van der Waals surface area (Å²) in [4.78, 5) is 0. The van der Waals surface area contributed by atoms with E-state index < -0.39 is 0 Å². The summed E-state index contributed by atoms with van der Waals surface area (Å²) in [5, 5.41) is 0. The van der Waals surface area contributed by atoms with Crippen LogP contribution < -0.4 is 5.73 Å². The van der Waals surface area contributed by atoms with Crippen molar-refractivity contribution in [3.8, 4) is 0 Å². The molecule has 0 heterocycles. The summed E-state index contributed by atoms with van der Waals surface area (Å²) in [6.45, 7) is 7.09. The van der Waals surface area contributed by atoms with E-state index in [2.05, 4.69) is 20.8 Å². The molecule has 0 aromatic rings. The first kappa shape index (κ1) is 13.0. The number of nitrogens with two attached hydrogens (primary N) is 1. The van der Waals surface area contributed by atoms with Gasteiger partial charge in [0.2, 0.25) is 0 Å². The lowest BCUT2D eigenvalue weighted by Crippen LogP contribution is -2.22. The first-order valence-electron chi connectivity index (χ1n) is 6.40.